The zero-order valence-electron chi connectivity index (χ0n) is 8.90. The van der Waals surface area contributed by atoms with Crippen LogP contribution in [0, 0.1) is 17.2 Å². The third kappa shape index (κ3) is 2.83. The number of nitriles is 1. The molecular formula is C9H16N6. The Labute approximate surface area is 89.3 Å². The lowest BCUT2D eigenvalue weighted by atomic mass is 9.81. The maximum absolute atomic E-state index is 9.22. The van der Waals surface area contributed by atoms with Crippen molar-refractivity contribution in [3.05, 3.63) is 10.4 Å². The summed E-state index contributed by atoms with van der Waals surface area (Å²) in [6.45, 7) is 4.70. The summed E-state index contributed by atoms with van der Waals surface area (Å²) in [4.78, 5) is 2.68. The zero-order valence-corrected chi connectivity index (χ0v) is 8.90. The minimum absolute atomic E-state index is 0.266. The van der Waals surface area contributed by atoms with E-state index >= 15 is 0 Å². The largest absolute Gasteiger partial charge is 0.316 e. The summed E-state index contributed by atoms with van der Waals surface area (Å²) in [6.07, 6.45) is 0.793. The van der Waals surface area contributed by atoms with Crippen molar-refractivity contribution in [1.82, 2.24) is 10.6 Å². The number of nitrogens with zero attached hydrogens (tertiary/aromatic N) is 4. The molecule has 0 amide bonds. The zero-order chi connectivity index (χ0) is 11.1. The van der Waals surface area contributed by atoms with Crippen LogP contribution in [-0.4, -0.2) is 31.7 Å². The molecule has 2 unspecified atom stereocenters. The molecule has 1 saturated heterocycles. The third-order valence-corrected chi connectivity index (χ3v) is 2.90. The molecule has 0 aliphatic carbocycles. The van der Waals surface area contributed by atoms with Gasteiger partial charge in [0.05, 0.1) is 6.07 Å². The number of nitrogens with one attached hydrogen (secondary N) is 2. The molecule has 2 atom stereocenters. The van der Waals surface area contributed by atoms with Crippen LogP contribution in [0.5, 0.6) is 0 Å². The molecule has 1 aliphatic heterocycles. The summed E-state index contributed by atoms with van der Waals surface area (Å²) >= 11 is 0. The normalized spacial score (nSPS) is 30.3. The number of rotatable bonds is 4. The monoisotopic (exact) mass is 208 g/mol. The van der Waals surface area contributed by atoms with Crippen molar-refractivity contribution in [1.29, 1.82) is 5.26 Å². The van der Waals surface area contributed by atoms with Gasteiger partial charge in [0, 0.05) is 30.5 Å². The van der Waals surface area contributed by atoms with Crippen molar-refractivity contribution in [3.8, 4) is 6.07 Å². The van der Waals surface area contributed by atoms with Crippen molar-refractivity contribution < 1.29 is 0 Å². The van der Waals surface area contributed by atoms with Crippen LogP contribution in [0.15, 0.2) is 5.11 Å². The first-order valence-corrected chi connectivity index (χ1v) is 5.13. The summed E-state index contributed by atoms with van der Waals surface area (Å²) in [6, 6.07) is 2.36. The van der Waals surface area contributed by atoms with Gasteiger partial charge in [-0.3, -0.25) is 5.32 Å². The van der Waals surface area contributed by atoms with Gasteiger partial charge in [-0.05, 0) is 18.5 Å². The summed E-state index contributed by atoms with van der Waals surface area (Å²) in [5, 5.41) is 19.1. The van der Waals surface area contributed by atoms with Gasteiger partial charge in [-0.1, -0.05) is 12.0 Å². The van der Waals surface area contributed by atoms with Crippen molar-refractivity contribution in [2.45, 2.75) is 18.9 Å². The summed E-state index contributed by atoms with van der Waals surface area (Å²) in [7, 11) is 0. The summed E-state index contributed by atoms with van der Waals surface area (Å²) in [5.41, 5.74) is 7.67. The van der Waals surface area contributed by atoms with Crippen LogP contribution in [0.4, 0.5) is 0 Å². The van der Waals surface area contributed by atoms with Crippen LogP contribution in [0.3, 0.4) is 0 Å². The second-order valence-electron chi connectivity index (χ2n) is 3.82. The lowest BCUT2D eigenvalue weighted by molar-refractivity contribution is 0.229. The molecule has 1 aliphatic rings. The molecule has 0 spiro atoms. The molecule has 15 heavy (non-hydrogen) atoms. The fourth-order valence-electron chi connectivity index (χ4n) is 1.87. The van der Waals surface area contributed by atoms with Gasteiger partial charge in [0.15, 0.2) is 0 Å². The summed E-state index contributed by atoms with van der Waals surface area (Å²) in [5.74, 6) is 0.266. The van der Waals surface area contributed by atoms with Gasteiger partial charge in [0.25, 0.3) is 0 Å². The van der Waals surface area contributed by atoms with Crippen LogP contribution >= 0.6 is 0 Å². The molecule has 0 bridgehead atoms. The lowest BCUT2D eigenvalue weighted by Gasteiger charge is -2.38. The first kappa shape index (κ1) is 11.8. The molecule has 2 N–H and O–H groups in total. The van der Waals surface area contributed by atoms with Gasteiger partial charge in [-0.15, -0.1) is 0 Å². The van der Waals surface area contributed by atoms with E-state index in [0.717, 1.165) is 19.5 Å². The topological polar surface area (TPSA) is 96.6 Å². The average molecular weight is 208 g/mol. The molecule has 0 saturated carbocycles. The molecule has 0 aromatic heterocycles. The molecule has 0 aromatic rings. The Balaban J connectivity index is 2.52. The van der Waals surface area contributed by atoms with Crippen molar-refractivity contribution in [2.75, 3.05) is 26.2 Å². The minimum atomic E-state index is -0.462. The molecule has 1 fully saturated rings. The van der Waals surface area contributed by atoms with E-state index in [1.807, 2.05) is 0 Å². The highest BCUT2D eigenvalue weighted by Gasteiger charge is 2.37. The molecule has 1 heterocycles. The first-order valence-electron chi connectivity index (χ1n) is 5.13. The Kier molecular flexibility index (Phi) is 4.37. The van der Waals surface area contributed by atoms with E-state index in [-0.39, 0.29) is 5.92 Å². The van der Waals surface area contributed by atoms with Gasteiger partial charge >= 0.3 is 0 Å². The fraction of sp³-hybridized carbons (Fsp3) is 0.889. The number of hydrogen-bond acceptors (Lipinski definition) is 4. The van der Waals surface area contributed by atoms with E-state index in [9.17, 15) is 5.26 Å². The Bertz CT molecular complexity index is 289. The van der Waals surface area contributed by atoms with Gasteiger partial charge in [-0.25, -0.2) is 0 Å². The molecule has 0 radical (unpaired) electrons. The second kappa shape index (κ2) is 5.56. The second-order valence-corrected chi connectivity index (χ2v) is 3.82. The van der Waals surface area contributed by atoms with Gasteiger partial charge < -0.3 is 5.32 Å². The Morgan fingerprint density at radius 2 is 2.60 bits per heavy atom. The summed E-state index contributed by atoms with van der Waals surface area (Å²) < 4.78 is 0. The molecular weight excluding hydrogens is 192 g/mol. The fourth-order valence-corrected chi connectivity index (χ4v) is 1.87. The molecule has 6 nitrogen and oxygen atoms in total. The smallest absolute Gasteiger partial charge is 0.111 e. The van der Waals surface area contributed by atoms with Gasteiger partial charge in [-0.2, -0.15) is 5.26 Å². The highest BCUT2D eigenvalue weighted by atomic mass is 15.1. The maximum Gasteiger partial charge on any atom is 0.111 e. The maximum atomic E-state index is 9.22. The third-order valence-electron chi connectivity index (χ3n) is 2.90. The average Bonchev–Trinajstić information content (AvgIpc) is 2.27. The van der Waals surface area contributed by atoms with Crippen LogP contribution in [0.25, 0.3) is 10.4 Å². The molecule has 0 aromatic carbocycles. The number of piperidine rings is 1. The molecule has 1 rings (SSSR count). The van der Waals surface area contributed by atoms with Crippen LogP contribution < -0.4 is 10.6 Å². The molecule has 82 valence electrons. The van der Waals surface area contributed by atoms with Crippen LogP contribution in [0.1, 0.15) is 13.3 Å². The Morgan fingerprint density at radius 3 is 3.20 bits per heavy atom. The lowest BCUT2D eigenvalue weighted by Crippen LogP contribution is -2.57. The van der Waals surface area contributed by atoms with E-state index in [1.165, 1.54) is 0 Å². The Morgan fingerprint density at radius 1 is 1.80 bits per heavy atom. The van der Waals surface area contributed by atoms with Crippen molar-refractivity contribution >= 4 is 0 Å². The highest BCUT2D eigenvalue weighted by Crippen LogP contribution is 2.23. The van der Waals surface area contributed by atoms with E-state index in [1.54, 1.807) is 0 Å². The van der Waals surface area contributed by atoms with Crippen LogP contribution in [0.2, 0.25) is 0 Å². The molecule has 6 heteroatoms. The Hall–Kier alpha value is -1.28. The minimum Gasteiger partial charge on any atom is -0.316 e. The highest BCUT2D eigenvalue weighted by molar-refractivity contribution is 5.12. The quantitative estimate of drug-likeness (QED) is 0.309. The predicted octanol–water partition coefficient (Wildman–Crippen LogP) is 0.778. The van der Waals surface area contributed by atoms with Crippen molar-refractivity contribution in [3.63, 3.8) is 0 Å². The standard InChI is InChI=1S/C9H16N6/c1-8-6-12-3-2-9(8,7-10)13-4-5-14-15-11/h8,12-13H,2-6H2,1H3. The van der Waals surface area contributed by atoms with Gasteiger partial charge in [0.1, 0.15) is 5.54 Å². The SMILES string of the molecule is CC1CNCCC1(C#N)NCCN=[N+]=[N-]. The van der Waals surface area contributed by atoms with E-state index in [4.69, 9.17) is 5.53 Å². The van der Waals surface area contributed by atoms with Gasteiger partial charge in [0.2, 0.25) is 0 Å². The predicted molar refractivity (Wildman–Crippen MR) is 57.0 cm³/mol. The van der Waals surface area contributed by atoms with Crippen molar-refractivity contribution in [2.24, 2.45) is 11.0 Å². The van der Waals surface area contributed by atoms with Crippen LogP contribution in [-0.2, 0) is 0 Å². The van der Waals surface area contributed by atoms with E-state index in [2.05, 4.69) is 33.7 Å². The first-order chi connectivity index (χ1) is 7.25. The number of azide groups is 1. The van der Waals surface area contributed by atoms with E-state index in [0.29, 0.717) is 13.1 Å². The number of hydrogen-bond donors (Lipinski definition) is 2. The van der Waals surface area contributed by atoms with E-state index < -0.39 is 5.54 Å².